The number of esters is 2. The summed E-state index contributed by atoms with van der Waals surface area (Å²) in [5.41, 5.74) is 2.39. The topological polar surface area (TPSA) is 43.4 Å². The predicted molar refractivity (Wildman–Crippen MR) is 96.3 cm³/mol. The van der Waals surface area contributed by atoms with Crippen molar-refractivity contribution in [1.29, 1.82) is 0 Å². The van der Waals surface area contributed by atoms with E-state index in [4.69, 9.17) is 4.74 Å². The Morgan fingerprint density at radius 3 is 2.32 bits per heavy atom. The standard InChI is InChI=1S/C22H12O3/c23-21-16-9-7-14-12-5-1-3-11-4-2-6-13(18(11)12)15-8-10-17(22(24)25-21)20(16)19(14)15/h1-7,9H,8,10H2. The van der Waals surface area contributed by atoms with Gasteiger partial charge in [0.25, 0.3) is 0 Å². The van der Waals surface area contributed by atoms with Crippen LogP contribution in [0.15, 0.2) is 48.5 Å². The van der Waals surface area contributed by atoms with Crippen LogP contribution in [0.5, 0.6) is 0 Å². The van der Waals surface area contributed by atoms with Crippen LogP contribution >= 0.6 is 0 Å². The number of benzene rings is 4. The normalized spacial score (nSPS) is 16.1. The van der Waals surface area contributed by atoms with Gasteiger partial charge in [-0.1, -0.05) is 42.5 Å². The molecule has 0 amide bonds. The van der Waals surface area contributed by atoms with Crippen molar-refractivity contribution in [3.05, 3.63) is 64.9 Å². The van der Waals surface area contributed by atoms with Crippen molar-refractivity contribution in [1.82, 2.24) is 0 Å². The first-order valence-electron chi connectivity index (χ1n) is 8.42. The summed E-state index contributed by atoms with van der Waals surface area (Å²) in [5.74, 6) is -1.02. The minimum atomic E-state index is -0.537. The molecule has 3 heteroatoms. The van der Waals surface area contributed by atoms with Crippen molar-refractivity contribution < 1.29 is 14.3 Å². The van der Waals surface area contributed by atoms with Crippen molar-refractivity contribution in [2.24, 2.45) is 0 Å². The Bertz CT molecular complexity index is 1340. The summed E-state index contributed by atoms with van der Waals surface area (Å²) in [7, 11) is 0. The van der Waals surface area contributed by atoms with Gasteiger partial charge in [-0.2, -0.15) is 0 Å². The van der Waals surface area contributed by atoms with Crippen molar-refractivity contribution in [2.75, 3.05) is 0 Å². The third kappa shape index (κ3) is 1.47. The predicted octanol–water partition coefficient (Wildman–Crippen LogP) is 3.66. The quantitative estimate of drug-likeness (QED) is 0.215. The van der Waals surface area contributed by atoms with Crippen LogP contribution in [0, 0.1) is 0 Å². The van der Waals surface area contributed by atoms with Gasteiger partial charge >= 0.3 is 11.9 Å². The highest BCUT2D eigenvalue weighted by Crippen LogP contribution is 2.39. The lowest BCUT2D eigenvalue weighted by atomic mass is 9.81. The van der Waals surface area contributed by atoms with Gasteiger partial charge in [-0.15, -0.1) is 0 Å². The van der Waals surface area contributed by atoms with Crippen molar-refractivity contribution in [3.8, 4) is 0 Å². The number of cyclic esters (lactones) is 2. The largest absolute Gasteiger partial charge is 0.386 e. The van der Waals surface area contributed by atoms with Crippen molar-refractivity contribution in [3.63, 3.8) is 0 Å². The first-order valence-corrected chi connectivity index (χ1v) is 8.42. The Morgan fingerprint density at radius 2 is 1.48 bits per heavy atom. The van der Waals surface area contributed by atoms with Gasteiger partial charge in [0, 0.05) is 10.8 Å². The molecule has 2 aliphatic rings. The second-order valence-corrected chi connectivity index (χ2v) is 6.75. The Hall–Kier alpha value is -3.20. The summed E-state index contributed by atoms with van der Waals surface area (Å²) in [6, 6.07) is 16.5. The molecule has 118 valence electrons. The van der Waals surface area contributed by atoms with Gasteiger partial charge in [0.2, 0.25) is 0 Å². The first-order chi connectivity index (χ1) is 12.2. The molecule has 3 nitrogen and oxygen atoms in total. The minimum absolute atomic E-state index is 0.484. The summed E-state index contributed by atoms with van der Waals surface area (Å²) in [4.78, 5) is 24.5. The molecule has 25 heavy (non-hydrogen) atoms. The molecule has 0 saturated heterocycles. The van der Waals surface area contributed by atoms with Gasteiger partial charge in [-0.3, -0.25) is 0 Å². The highest BCUT2D eigenvalue weighted by atomic mass is 16.6. The highest BCUT2D eigenvalue weighted by molar-refractivity contribution is 6.27. The van der Waals surface area contributed by atoms with Gasteiger partial charge < -0.3 is 4.74 Å². The molecule has 0 N–H and O–H groups in total. The maximum Gasteiger partial charge on any atom is 0.346 e. The third-order valence-electron chi connectivity index (χ3n) is 5.61. The van der Waals surface area contributed by atoms with Gasteiger partial charge in [-0.25, -0.2) is 9.59 Å². The molecule has 1 aliphatic carbocycles. The summed E-state index contributed by atoms with van der Waals surface area (Å²) in [6.45, 7) is 0. The average Bonchev–Trinajstić information content (AvgIpc) is 2.64. The van der Waals surface area contributed by atoms with Crippen LogP contribution < -0.4 is 5.22 Å². The molecule has 0 spiro atoms. The molecule has 0 radical (unpaired) electrons. The summed E-state index contributed by atoms with van der Waals surface area (Å²) < 4.78 is 4.93. The van der Waals surface area contributed by atoms with Crippen molar-refractivity contribution in [2.45, 2.75) is 12.8 Å². The monoisotopic (exact) mass is 324 g/mol. The molecule has 0 saturated carbocycles. The fourth-order valence-corrected chi connectivity index (χ4v) is 4.62. The second-order valence-electron chi connectivity index (χ2n) is 6.75. The average molecular weight is 324 g/mol. The number of aryl methyl sites for hydroxylation is 1. The number of carbonyl (C=O) groups excluding carboxylic acids is 2. The van der Waals surface area contributed by atoms with E-state index in [1.165, 1.54) is 27.1 Å². The molecule has 0 aromatic heterocycles. The summed E-state index contributed by atoms with van der Waals surface area (Å²) >= 11 is 0. The number of rotatable bonds is 0. The van der Waals surface area contributed by atoms with Crippen LogP contribution in [0.4, 0.5) is 0 Å². The zero-order chi connectivity index (χ0) is 16.7. The van der Waals surface area contributed by atoms with Crippen LogP contribution in [-0.2, 0) is 16.0 Å². The molecule has 6 rings (SSSR count). The number of hydrogen-bond acceptors (Lipinski definition) is 3. The molecule has 4 aromatic rings. The van der Waals surface area contributed by atoms with Crippen molar-refractivity contribution >= 4 is 49.8 Å². The maximum absolute atomic E-state index is 12.3. The molecule has 4 aromatic carbocycles. The van der Waals surface area contributed by atoms with Gasteiger partial charge in [0.1, 0.15) is 0 Å². The van der Waals surface area contributed by atoms with Crippen LogP contribution in [0.3, 0.4) is 0 Å². The minimum Gasteiger partial charge on any atom is -0.386 e. The molecule has 0 atom stereocenters. The second kappa shape index (κ2) is 4.25. The lowest BCUT2D eigenvalue weighted by Crippen LogP contribution is -2.34. The molecular formula is C22H12O3. The number of carbonyl (C=O) groups is 2. The van der Waals surface area contributed by atoms with E-state index in [2.05, 4.69) is 36.4 Å². The van der Waals surface area contributed by atoms with Gasteiger partial charge in [0.05, 0.1) is 5.56 Å². The smallest absolute Gasteiger partial charge is 0.346 e. The molecule has 0 bridgehead atoms. The molecular weight excluding hydrogens is 312 g/mol. The Labute approximate surface area is 142 Å². The SMILES string of the molecule is O=C1OC(=O)c2ccc3c4c(c5cccc6cccc3c65)CCC1=c24. The highest BCUT2D eigenvalue weighted by Gasteiger charge is 2.31. The van der Waals surface area contributed by atoms with E-state index in [0.29, 0.717) is 17.6 Å². The maximum atomic E-state index is 12.3. The molecule has 1 aliphatic heterocycles. The van der Waals surface area contributed by atoms with Gasteiger partial charge in [-0.05, 0) is 56.8 Å². The van der Waals surface area contributed by atoms with E-state index in [1.807, 2.05) is 6.07 Å². The van der Waals surface area contributed by atoms with Crippen LogP contribution in [0.2, 0.25) is 0 Å². The third-order valence-corrected chi connectivity index (χ3v) is 5.61. The van der Waals surface area contributed by atoms with Crippen LogP contribution in [0.25, 0.3) is 37.9 Å². The molecule has 0 unspecified atom stereocenters. The lowest BCUT2D eigenvalue weighted by molar-refractivity contribution is -0.132. The molecule has 0 fully saturated rings. The summed E-state index contributed by atoms with van der Waals surface area (Å²) in [6.07, 6.45) is 1.40. The number of ether oxygens (including phenoxy) is 1. The van der Waals surface area contributed by atoms with E-state index >= 15 is 0 Å². The Kier molecular flexibility index (Phi) is 2.23. The van der Waals surface area contributed by atoms with E-state index in [1.54, 1.807) is 6.07 Å². The fourth-order valence-electron chi connectivity index (χ4n) is 4.62. The Balaban J connectivity index is 2.02. The van der Waals surface area contributed by atoms with Crippen LogP contribution in [0.1, 0.15) is 22.3 Å². The van der Waals surface area contributed by atoms with E-state index in [9.17, 15) is 9.59 Å². The summed E-state index contributed by atoms with van der Waals surface area (Å²) in [5, 5.41) is 7.83. The fraction of sp³-hybridized carbons (Fsp3) is 0.0909. The number of fused-ring (bicyclic) bond motifs is 2. The van der Waals surface area contributed by atoms with Crippen LogP contribution in [-0.4, -0.2) is 11.9 Å². The first kappa shape index (κ1) is 13.1. The van der Waals surface area contributed by atoms with E-state index < -0.39 is 11.9 Å². The van der Waals surface area contributed by atoms with E-state index in [0.717, 1.165) is 22.4 Å². The zero-order valence-electron chi connectivity index (χ0n) is 13.3. The van der Waals surface area contributed by atoms with E-state index in [-0.39, 0.29) is 0 Å². The number of hydrogen-bond donors (Lipinski definition) is 0. The zero-order valence-corrected chi connectivity index (χ0v) is 13.3. The Morgan fingerprint density at radius 1 is 0.720 bits per heavy atom. The van der Waals surface area contributed by atoms with Gasteiger partial charge in [0.15, 0.2) is 0 Å². The lowest BCUT2D eigenvalue weighted by Gasteiger charge is -2.24. The molecule has 1 heterocycles.